The maximum absolute atomic E-state index is 12.7. The number of halogens is 1. The van der Waals surface area contributed by atoms with E-state index < -0.39 is 10.0 Å². The van der Waals surface area contributed by atoms with Crippen molar-refractivity contribution in [1.29, 1.82) is 0 Å². The molecule has 0 aromatic heterocycles. The topological polar surface area (TPSA) is 66.4 Å². The van der Waals surface area contributed by atoms with Crippen LogP contribution in [-0.2, 0) is 15.8 Å². The van der Waals surface area contributed by atoms with Crippen molar-refractivity contribution in [1.82, 2.24) is 4.72 Å². The Labute approximate surface area is 112 Å². The van der Waals surface area contributed by atoms with Crippen LogP contribution in [0.3, 0.4) is 0 Å². The Kier molecular flexibility index (Phi) is 4.54. The van der Waals surface area contributed by atoms with Gasteiger partial charge in [-0.25, -0.2) is 17.5 Å². The van der Waals surface area contributed by atoms with Gasteiger partial charge in [-0.1, -0.05) is 12.1 Å². The standard InChI is InChI=1S/C13H18FNO3S/c14-12-4-1-10(2-5-12)9-19(17,18)15-8-11-3-6-13(16)7-11/h1-2,4-5,11,13,15-16H,3,6-9H2. The maximum Gasteiger partial charge on any atom is 0.215 e. The van der Waals surface area contributed by atoms with Gasteiger partial charge in [0.1, 0.15) is 5.82 Å². The van der Waals surface area contributed by atoms with Crippen molar-refractivity contribution < 1.29 is 17.9 Å². The lowest BCUT2D eigenvalue weighted by Gasteiger charge is -2.11. The Balaban J connectivity index is 1.86. The highest BCUT2D eigenvalue weighted by atomic mass is 32.2. The van der Waals surface area contributed by atoms with Crippen LogP contribution in [-0.4, -0.2) is 26.2 Å². The first-order valence-electron chi connectivity index (χ1n) is 6.34. The second-order valence-corrected chi connectivity index (χ2v) is 6.87. The average Bonchev–Trinajstić information content (AvgIpc) is 2.76. The number of sulfonamides is 1. The van der Waals surface area contributed by atoms with E-state index in [4.69, 9.17) is 0 Å². The molecule has 4 nitrogen and oxygen atoms in total. The SMILES string of the molecule is O=S(=O)(Cc1ccc(F)cc1)NCC1CCC(O)C1. The molecule has 2 atom stereocenters. The zero-order valence-corrected chi connectivity index (χ0v) is 11.4. The number of rotatable bonds is 5. The summed E-state index contributed by atoms with van der Waals surface area (Å²) in [7, 11) is -3.41. The highest BCUT2D eigenvalue weighted by Gasteiger charge is 2.24. The zero-order chi connectivity index (χ0) is 13.9. The van der Waals surface area contributed by atoms with E-state index in [-0.39, 0.29) is 23.6 Å². The summed E-state index contributed by atoms with van der Waals surface area (Å²) < 4.78 is 39.0. The van der Waals surface area contributed by atoms with Crippen molar-refractivity contribution in [3.63, 3.8) is 0 Å². The third kappa shape index (κ3) is 4.56. The summed E-state index contributed by atoms with van der Waals surface area (Å²) in [5.41, 5.74) is 0.556. The number of hydrogen-bond donors (Lipinski definition) is 2. The van der Waals surface area contributed by atoms with Gasteiger partial charge in [-0.2, -0.15) is 0 Å². The second kappa shape index (κ2) is 5.98. The lowest BCUT2D eigenvalue weighted by atomic mass is 10.1. The van der Waals surface area contributed by atoms with Crippen LogP contribution in [0.2, 0.25) is 0 Å². The normalized spacial score (nSPS) is 23.7. The summed E-state index contributed by atoms with van der Waals surface area (Å²) in [5, 5.41) is 9.38. The number of nitrogens with one attached hydrogen (secondary N) is 1. The molecule has 0 amide bonds. The van der Waals surface area contributed by atoms with Crippen molar-refractivity contribution in [2.45, 2.75) is 31.1 Å². The molecule has 2 N–H and O–H groups in total. The minimum atomic E-state index is -3.41. The maximum atomic E-state index is 12.7. The molecule has 6 heteroatoms. The van der Waals surface area contributed by atoms with E-state index in [1.54, 1.807) is 0 Å². The molecule has 19 heavy (non-hydrogen) atoms. The van der Waals surface area contributed by atoms with Crippen molar-refractivity contribution in [2.24, 2.45) is 5.92 Å². The summed E-state index contributed by atoms with van der Waals surface area (Å²) >= 11 is 0. The Morgan fingerprint density at radius 3 is 2.53 bits per heavy atom. The molecule has 0 radical (unpaired) electrons. The molecular weight excluding hydrogens is 269 g/mol. The summed E-state index contributed by atoms with van der Waals surface area (Å²) in [6, 6.07) is 5.43. The van der Waals surface area contributed by atoms with Crippen LogP contribution in [0, 0.1) is 11.7 Å². The predicted octanol–water partition coefficient (Wildman–Crippen LogP) is 1.41. The van der Waals surface area contributed by atoms with Crippen LogP contribution in [0.15, 0.2) is 24.3 Å². The van der Waals surface area contributed by atoms with Crippen LogP contribution < -0.4 is 4.72 Å². The zero-order valence-electron chi connectivity index (χ0n) is 10.5. The molecule has 0 aliphatic heterocycles. The average molecular weight is 287 g/mol. The van der Waals surface area contributed by atoms with Crippen LogP contribution in [0.1, 0.15) is 24.8 Å². The van der Waals surface area contributed by atoms with Gasteiger partial charge in [0, 0.05) is 6.54 Å². The quantitative estimate of drug-likeness (QED) is 0.860. The molecule has 1 aliphatic carbocycles. The van der Waals surface area contributed by atoms with Crippen LogP contribution in [0.4, 0.5) is 4.39 Å². The lowest BCUT2D eigenvalue weighted by Crippen LogP contribution is -2.29. The first-order chi connectivity index (χ1) is 8.94. The number of aliphatic hydroxyl groups excluding tert-OH is 1. The molecule has 0 heterocycles. The molecule has 1 aliphatic rings. The van der Waals surface area contributed by atoms with E-state index in [0.29, 0.717) is 18.5 Å². The van der Waals surface area contributed by atoms with Gasteiger partial charge in [-0.15, -0.1) is 0 Å². The van der Waals surface area contributed by atoms with Gasteiger partial charge in [0.15, 0.2) is 0 Å². The number of aliphatic hydroxyl groups is 1. The van der Waals surface area contributed by atoms with E-state index in [1.807, 2.05) is 0 Å². The van der Waals surface area contributed by atoms with Gasteiger partial charge in [-0.3, -0.25) is 0 Å². The van der Waals surface area contributed by atoms with E-state index in [2.05, 4.69) is 4.72 Å². The third-order valence-corrected chi connectivity index (χ3v) is 4.70. The van der Waals surface area contributed by atoms with E-state index in [0.717, 1.165) is 12.8 Å². The van der Waals surface area contributed by atoms with Crippen molar-refractivity contribution in [2.75, 3.05) is 6.54 Å². The molecular formula is C13H18FNO3S. The minimum Gasteiger partial charge on any atom is -0.393 e. The molecule has 0 bridgehead atoms. The molecule has 1 saturated carbocycles. The van der Waals surface area contributed by atoms with Gasteiger partial charge in [-0.05, 0) is 42.9 Å². The van der Waals surface area contributed by atoms with E-state index >= 15 is 0 Å². The molecule has 1 fully saturated rings. The van der Waals surface area contributed by atoms with Crippen molar-refractivity contribution in [3.05, 3.63) is 35.6 Å². The van der Waals surface area contributed by atoms with Crippen LogP contribution in [0.25, 0.3) is 0 Å². The fraction of sp³-hybridized carbons (Fsp3) is 0.538. The van der Waals surface area contributed by atoms with Crippen LogP contribution >= 0.6 is 0 Å². The van der Waals surface area contributed by atoms with Gasteiger partial charge >= 0.3 is 0 Å². The number of benzene rings is 1. The van der Waals surface area contributed by atoms with Gasteiger partial charge in [0.25, 0.3) is 0 Å². The molecule has 2 unspecified atom stereocenters. The van der Waals surface area contributed by atoms with Gasteiger partial charge in [0.2, 0.25) is 10.0 Å². The first kappa shape index (κ1) is 14.4. The molecule has 2 rings (SSSR count). The molecule has 106 valence electrons. The highest BCUT2D eigenvalue weighted by Crippen LogP contribution is 2.24. The van der Waals surface area contributed by atoms with Crippen molar-refractivity contribution >= 4 is 10.0 Å². The minimum absolute atomic E-state index is 0.150. The van der Waals surface area contributed by atoms with Crippen LogP contribution in [0.5, 0.6) is 0 Å². The summed E-state index contributed by atoms with van der Waals surface area (Å²) in [6.45, 7) is 0.362. The smallest absolute Gasteiger partial charge is 0.215 e. The predicted molar refractivity (Wildman–Crippen MR) is 70.4 cm³/mol. The summed E-state index contributed by atoms with van der Waals surface area (Å²) in [6.07, 6.45) is 1.94. The Hall–Kier alpha value is -0.980. The lowest BCUT2D eigenvalue weighted by molar-refractivity contribution is 0.178. The first-order valence-corrected chi connectivity index (χ1v) is 8.00. The summed E-state index contributed by atoms with van der Waals surface area (Å²) in [4.78, 5) is 0. The van der Waals surface area contributed by atoms with E-state index in [1.165, 1.54) is 24.3 Å². The third-order valence-electron chi connectivity index (χ3n) is 3.38. The molecule has 0 spiro atoms. The fourth-order valence-corrected chi connectivity index (χ4v) is 3.55. The largest absolute Gasteiger partial charge is 0.393 e. The fourth-order valence-electron chi connectivity index (χ4n) is 2.33. The Morgan fingerprint density at radius 2 is 1.95 bits per heavy atom. The number of hydrogen-bond acceptors (Lipinski definition) is 3. The molecule has 1 aromatic rings. The summed E-state index contributed by atoms with van der Waals surface area (Å²) in [5.74, 6) is -0.324. The second-order valence-electron chi connectivity index (χ2n) is 5.07. The molecule has 0 saturated heterocycles. The Morgan fingerprint density at radius 1 is 1.26 bits per heavy atom. The monoisotopic (exact) mass is 287 g/mol. The van der Waals surface area contributed by atoms with E-state index in [9.17, 15) is 17.9 Å². The highest BCUT2D eigenvalue weighted by molar-refractivity contribution is 7.88. The van der Waals surface area contributed by atoms with Gasteiger partial charge in [0.05, 0.1) is 11.9 Å². The van der Waals surface area contributed by atoms with Crippen molar-refractivity contribution in [3.8, 4) is 0 Å². The van der Waals surface area contributed by atoms with Gasteiger partial charge < -0.3 is 5.11 Å². The molecule has 1 aromatic carbocycles. The Bertz CT molecular complexity index is 515.